The van der Waals surface area contributed by atoms with Crippen LogP contribution in [0, 0.1) is 0 Å². The fourth-order valence-corrected chi connectivity index (χ4v) is 5.00. The number of carbonyl (C=O) groups excluding carboxylic acids is 1. The number of carbonyl (C=O) groups is 2. The molecule has 5 rings (SSSR count). The molecule has 1 amide bonds. The van der Waals surface area contributed by atoms with E-state index < -0.39 is 18.4 Å². The second-order valence-corrected chi connectivity index (χ2v) is 8.50. The van der Waals surface area contributed by atoms with Crippen molar-refractivity contribution in [2.75, 3.05) is 13.7 Å². The first-order chi connectivity index (χ1) is 16.0. The van der Waals surface area contributed by atoms with Crippen LogP contribution in [-0.2, 0) is 29.1 Å². The van der Waals surface area contributed by atoms with Crippen molar-refractivity contribution >= 4 is 22.8 Å². The number of rotatable bonds is 7. The Kier molecular flexibility index (Phi) is 5.51. The number of benzene rings is 1. The Hall–Kier alpha value is -3.43. The average Bonchev–Trinajstić information content (AvgIpc) is 3.25. The Labute approximate surface area is 190 Å². The molecule has 0 aliphatic carbocycles. The molecule has 3 aromatic rings. The van der Waals surface area contributed by atoms with Gasteiger partial charge in [0.25, 0.3) is 0 Å². The molecule has 0 radical (unpaired) electrons. The normalized spacial score (nSPS) is 20.2. The summed E-state index contributed by atoms with van der Waals surface area (Å²) in [6.07, 6.45) is 1.52. The monoisotopic (exact) mass is 450 g/mol. The third-order valence-electron chi connectivity index (χ3n) is 6.60. The first-order valence-electron chi connectivity index (χ1n) is 11.0. The van der Waals surface area contributed by atoms with E-state index in [-0.39, 0.29) is 18.9 Å². The molecule has 2 N–H and O–H groups in total. The number of hydrogen-bond donors (Lipinski definition) is 2. The van der Waals surface area contributed by atoms with Crippen LogP contribution in [0.1, 0.15) is 29.7 Å². The van der Waals surface area contributed by atoms with Crippen LogP contribution in [-0.4, -0.2) is 67.5 Å². The molecule has 0 spiro atoms. The van der Waals surface area contributed by atoms with Crippen LogP contribution < -0.4 is 4.74 Å². The predicted molar refractivity (Wildman–Crippen MR) is 119 cm³/mol. The van der Waals surface area contributed by atoms with Crippen LogP contribution in [0.3, 0.4) is 0 Å². The third kappa shape index (κ3) is 3.73. The number of ether oxygens (including phenoxy) is 1. The first-order valence-corrected chi connectivity index (χ1v) is 11.0. The van der Waals surface area contributed by atoms with Crippen molar-refractivity contribution in [3.05, 3.63) is 59.4 Å². The van der Waals surface area contributed by atoms with E-state index in [4.69, 9.17) is 9.84 Å². The van der Waals surface area contributed by atoms with Crippen LogP contribution in [0.5, 0.6) is 5.88 Å². The van der Waals surface area contributed by atoms with Crippen LogP contribution in [0.2, 0.25) is 0 Å². The fourth-order valence-electron chi connectivity index (χ4n) is 5.00. The van der Waals surface area contributed by atoms with Crippen molar-refractivity contribution in [3.63, 3.8) is 0 Å². The van der Waals surface area contributed by atoms with Gasteiger partial charge in [0, 0.05) is 54.9 Å². The Morgan fingerprint density at radius 2 is 2.06 bits per heavy atom. The predicted octanol–water partition coefficient (Wildman–Crippen LogP) is 1.80. The maximum Gasteiger partial charge on any atom is 0.303 e. The highest BCUT2D eigenvalue weighted by Crippen LogP contribution is 2.37. The standard InChI is InChI=1S/C24H26N4O5/c1-33-21-9-8-15(12-25-21)13-27-18-6-3-2-5-16(18)17-11-19-23(31)26(10-4-7-22(29)30)24(32)28(19)14-20(17)27/h2-3,5-6,8-9,12,19,24,32H,4,7,10-11,13-14H2,1H3,(H,29,30)/t19-,24?/m0/s1. The lowest BCUT2D eigenvalue weighted by Crippen LogP contribution is -2.43. The molecular formula is C24H26N4O5. The molecule has 0 saturated carbocycles. The van der Waals surface area contributed by atoms with E-state index in [1.807, 2.05) is 29.2 Å². The van der Waals surface area contributed by atoms with Gasteiger partial charge in [-0.05, 0) is 30.0 Å². The zero-order chi connectivity index (χ0) is 23.1. The zero-order valence-electron chi connectivity index (χ0n) is 18.3. The molecular weight excluding hydrogens is 424 g/mol. The number of amides is 1. The molecule has 2 aliphatic heterocycles. The van der Waals surface area contributed by atoms with E-state index in [0.29, 0.717) is 31.8 Å². The largest absolute Gasteiger partial charge is 0.481 e. The first kappa shape index (κ1) is 21.4. The Morgan fingerprint density at radius 3 is 2.79 bits per heavy atom. The van der Waals surface area contributed by atoms with Gasteiger partial charge < -0.3 is 24.4 Å². The minimum Gasteiger partial charge on any atom is -0.481 e. The van der Waals surface area contributed by atoms with Crippen molar-refractivity contribution in [2.24, 2.45) is 0 Å². The van der Waals surface area contributed by atoms with E-state index in [0.717, 1.165) is 27.7 Å². The lowest BCUT2D eigenvalue weighted by atomic mass is 9.97. The molecule has 0 bridgehead atoms. The van der Waals surface area contributed by atoms with Gasteiger partial charge in [-0.25, -0.2) is 9.88 Å². The number of aliphatic carboxylic acids is 1. The van der Waals surface area contributed by atoms with E-state index >= 15 is 0 Å². The quantitative estimate of drug-likeness (QED) is 0.565. The Bertz CT molecular complexity index is 1210. The second-order valence-electron chi connectivity index (χ2n) is 8.50. The number of hydrogen-bond acceptors (Lipinski definition) is 6. The number of nitrogens with zero attached hydrogens (tertiary/aromatic N) is 4. The average molecular weight is 450 g/mol. The summed E-state index contributed by atoms with van der Waals surface area (Å²) >= 11 is 0. The molecule has 2 aliphatic rings. The van der Waals surface area contributed by atoms with E-state index in [2.05, 4.69) is 21.7 Å². The molecule has 1 aromatic carbocycles. The highest BCUT2D eigenvalue weighted by Gasteiger charge is 2.48. The smallest absolute Gasteiger partial charge is 0.303 e. The Morgan fingerprint density at radius 1 is 1.24 bits per heavy atom. The van der Waals surface area contributed by atoms with Gasteiger partial charge in [0.1, 0.15) is 0 Å². The minimum absolute atomic E-state index is 0.0348. The van der Waals surface area contributed by atoms with Gasteiger partial charge in [-0.3, -0.25) is 9.59 Å². The lowest BCUT2D eigenvalue weighted by Gasteiger charge is -2.31. The van der Waals surface area contributed by atoms with Crippen molar-refractivity contribution < 1.29 is 24.5 Å². The topological polar surface area (TPSA) is 108 Å². The number of aliphatic hydroxyl groups is 1. The summed E-state index contributed by atoms with van der Waals surface area (Å²) in [6, 6.07) is 11.5. The summed E-state index contributed by atoms with van der Waals surface area (Å²) in [5.74, 6) is -0.493. The van der Waals surface area contributed by atoms with E-state index in [1.54, 1.807) is 13.3 Å². The van der Waals surface area contributed by atoms with Gasteiger partial charge in [0.15, 0.2) is 6.35 Å². The summed E-state index contributed by atoms with van der Waals surface area (Å²) in [4.78, 5) is 31.5. The van der Waals surface area contributed by atoms with Crippen molar-refractivity contribution in [1.29, 1.82) is 0 Å². The van der Waals surface area contributed by atoms with Crippen molar-refractivity contribution in [3.8, 4) is 5.88 Å². The number of carboxylic acids is 1. The minimum atomic E-state index is -1.06. The second kappa shape index (κ2) is 8.49. The van der Waals surface area contributed by atoms with E-state index in [1.165, 1.54) is 4.90 Å². The van der Waals surface area contributed by atoms with Gasteiger partial charge >= 0.3 is 5.97 Å². The number of aromatic nitrogens is 2. The number of fused-ring (bicyclic) bond motifs is 4. The molecule has 2 atom stereocenters. The maximum absolute atomic E-state index is 13.1. The number of carboxylic acid groups (broad SMARTS) is 1. The highest BCUT2D eigenvalue weighted by atomic mass is 16.5. The number of para-hydroxylation sites is 1. The van der Waals surface area contributed by atoms with Crippen molar-refractivity contribution in [2.45, 2.75) is 44.7 Å². The van der Waals surface area contributed by atoms with Gasteiger partial charge in [-0.2, -0.15) is 0 Å². The van der Waals surface area contributed by atoms with Crippen molar-refractivity contribution in [1.82, 2.24) is 19.4 Å². The van der Waals surface area contributed by atoms with Crippen LogP contribution in [0.25, 0.3) is 10.9 Å². The zero-order valence-corrected chi connectivity index (χ0v) is 18.3. The fraction of sp³-hybridized carbons (Fsp3) is 0.375. The SMILES string of the molecule is COc1ccc(Cn2c3c(c4ccccc42)C[C@H]2C(=O)N(CCCC(=O)O)C(O)N2C3)cn1. The molecule has 172 valence electrons. The van der Waals surface area contributed by atoms with Crippen LogP contribution in [0.4, 0.5) is 0 Å². The number of aliphatic hydroxyl groups excluding tert-OH is 1. The van der Waals surface area contributed by atoms with Gasteiger partial charge in [0.05, 0.1) is 13.2 Å². The molecule has 9 heteroatoms. The van der Waals surface area contributed by atoms with Gasteiger partial charge in [-0.1, -0.05) is 24.3 Å². The Balaban J connectivity index is 1.47. The molecule has 2 aromatic heterocycles. The summed E-state index contributed by atoms with van der Waals surface area (Å²) in [6.45, 7) is 1.26. The van der Waals surface area contributed by atoms with Crippen LogP contribution >= 0.6 is 0 Å². The lowest BCUT2D eigenvalue weighted by molar-refractivity contribution is -0.140. The maximum atomic E-state index is 13.1. The van der Waals surface area contributed by atoms with Gasteiger partial charge in [0.2, 0.25) is 11.8 Å². The molecule has 1 saturated heterocycles. The van der Waals surface area contributed by atoms with Crippen LogP contribution in [0.15, 0.2) is 42.6 Å². The van der Waals surface area contributed by atoms with Gasteiger partial charge in [-0.15, -0.1) is 0 Å². The number of methoxy groups -OCH3 is 1. The summed E-state index contributed by atoms with van der Waals surface area (Å²) in [5.41, 5.74) is 4.30. The summed E-state index contributed by atoms with van der Waals surface area (Å²) in [5, 5.41) is 20.9. The summed E-state index contributed by atoms with van der Waals surface area (Å²) < 4.78 is 7.39. The van der Waals surface area contributed by atoms with E-state index in [9.17, 15) is 14.7 Å². The molecule has 1 fully saturated rings. The molecule has 9 nitrogen and oxygen atoms in total. The molecule has 4 heterocycles. The molecule has 33 heavy (non-hydrogen) atoms. The highest BCUT2D eigenvalue weighted by molar-refractivity contribution is 5.90. The number of pyridine rings is 1. The molecule has 1 unspecified atom stereocenters. The third-order valence-corrected chi connectivity index (χ3v) is 6.60. The summed E-state index contributed by atoms with van der Waals surface area (Å²) in [7, 11) is 1.59.